The Balaban J connectivity index is 1.76. The van der Waals surface area contributed by atoms with E-state index in [4.69, 9.17) is 15.7 Å². The van der Waals surface area contributed by atoms with Gasteiger partial charge in [0.15, 0.2) is 0 Å². The molecule has 0 aliphatic rings. The summed E-state index contributed by atoms with van der Waals surface area (Å²) >= 11 is 0. The number of primary amides is 1. The Labute approximate surface area is 170 Å². The summed E-state index contributed by atoms with van der Waals surface area (Å²) in [7, 11) is 0. The molecule has 3 aromatic rings. The van der Waals surface area contributed by atoms with Gasteiger partial charge in [-0.2, -0.15) is 18.4 Å². The number of aryl methyl sites for hydroxylation is 1. The van der Waals surface area contributed by atoms with E-state index in [1.165, 1.54) is 6.07 Å². The molecule has 0 fully saturated rings. The summed E-state index contributed by atoms with van der Waals surface area (Å²) in [6, 6.07) is 16.9. The number of alkyl halides is 3. The number of amides is 1. The quantitative estimate of drug-likeness (QED) is 0.628. The zero-order valence-corrected chi connectivity index (χ0v) is 15.6. The smallest absolute Gasteiger partial charge is 0.417 e. The molecule has 0 unspecified atom stereocenters. The van der Waals surface area contributed by atoms with E-state index in [1.54, 1.807) is 36.4 Å². The SMILES string of the molecule is N#Cc1cc(Oc2ccc(-c3cccc(CCC(N)=O)n3)cc2)ccc1C(F)(F)F. The van der Waals surface area contributed by atoms with E-state index in [1.807, 2.05) is 12.1 Å². The number of carbonyl (C=O) groups is 1. The minimum absolute atomic E-state index is 0.124. The molecule has 0 aliphatic heterocycles. The summed E-state index contributed by atoms with van der Waals surface area (Å²) in [6.07, 6.45) is -3.95. The first-order valence-corrected chi connectivity index (χ1v) is 8.90. The number of pyridine rings is 1. The first kappa shape index (κ1) is 20.9. The van der Waals surface area contributed by atoms with Crippen LogP contribution in [0.3, 0.4) is 0 Å². The molecule has 2 N–H and O–H groups in total. The van der Waals surface area contributed by atoms with Crippen LogP contribution >= 0.6 is 0 Å². The van der Waals surface area contributed by atoms with Crippen molar-refractivity contribution in [2.45, 2.75) is 19.0 Å². The molecule has 30 heavy (non-hydrogen) atoms. The van der Waals surface area contributed by atoms with Crippen LogP contribution in [0.5, 0.6) is 11.5 Å². The van der Waals surface area contributed by atoms with Crippen LogP contribution < -0.4 is 10.5 Å². The lowest BCUT2D eigenvalue weighted by Crippen LogP contribution is -2.11. The van der Waals surface area contributed by atoms with Crippen LogP contribution in [0.2, 0.25) is 0 Å². The van der Waals surface area contributed by atoms with Gasteiger partial charge in [-0.1, -0.05) is 6.07 Å². The van der Waals surface area contributed by atoms with E-state index < -0.39 is 23.2 Å². The van der Waals surface area contributed by atoms with Gasteiger partial charge in [0.25, 0.3) is 0 Å². The number of hydrogen-bond acceptors (Lipinski definition) is 4. The summed E-state index contributed by atoms with van der Waals surface area (Å²) in [5, 5.41) is 8.99. The average molecular weight is 411 g/mol. The number of aromatic nitrogens is 1. The molecule has 1 aromatic heterocycles. The summed E-state index contributed by atoms with van der Waals surface area (Å²) in [6.45, 7) is 0. The van der Waals surface area contributed by atoms with Gasteiger partial charge in [-0.25, -0.2) is 0 Å². The highest BCUT2D eigenvalue weighted by atomic mass is 19.4. The number of carbonyl (C=O) groups excluding carboxylic acids is 1. The molecule has 1 heterocycles. The average Bonchev–Trinajstić information content (AvgIpc) is 2.72. The maximum atomic E-state index is 12.9. The van der Waals surface area contributed by atoms with Gasteiger partial charge >= 0.3 is 6.18 Å². The van der Waals surface area contributed by atoms with Crippen LogP contribution in [-0.2, 0) is 17.4 Å². The number of benzene rings is 2. The second-order valence-corrected chi connectivity index (χ2v) is 6.42. The van der Waals surface area contributed by atoms with E-state index >= 15 is 0 Å². The van der Waals surface area contributed by atoms with Gasteiger partial charge < -0.3 is 10.5 Å². The molecule has 0 radical (unpaired) electrons. The van der Waals surface area contributed by atoms with Gasteiger partial charge in [0, 0.05) is 17.7 Å². The molecule has 3 rings (SSSR count). The molecule has 1 amide bonds. The fraction of sp³-hybridized carbons (Fsp3) is 0.136. The van der Waals surface area contributed by atoms with Crippen molar-refractivity contribution in [2.75, 3.05) is 0 Å². The van der Waals surface area contributed by atoms with Crippen molar-refractivity contribution >= 4 is 5.91 Å². The lowest BCUT2D eigenvalue weighted by Gasteiger charge is -2.11. The lowest BCUT2D eigenvalue weighted by molar-refractivity contribution is -0.137. The monoisotopic (exact) mass is 411 g/mol. The van der Waals surface area contributed by atoms with Crippen LogP contribution in [-0.4, -0.2) is 10.9 Å². The summed E-state index contributed by atoms with van der Waals surface area (Å²) in [5.41, 5.74) is 5.89. The van der Waals surface area contributed by atoms with Gasteiger partial charge in [-0.3, -0.25) is 9.78 Å². The van der Waals surface area contributed by atoms with Crippen LogP contribution in [0.25, 0.3) is 11.3 Å². The third-order valence-corrected chi connectivity index (χ3v) is 4.24. The molecule has 0 saturated carbocycles. The molecule has 152 valence electrons. The van der Waals surface area contributed by atoms with Gasteiger partial charge in [0.05, 0.1) is 22.9 Å². The van der Waals surface area contributed by atoms with E-state index in [2.05, 4.69) is 4.98 Å². The van der Waals surface area contributed by atoms with Crippen molar-refractivity contribution in [3.63, 3.8) is 0 Å². The minimum atomic E-state index is -4.61. The summed E-state index contributed by atoms with van der Waals surface area (Å²) in [4.78, 5) is 15.4. The number of rotatable bonds is 6. The van der Waals surface area contributed by atoms with Crippen molar-refractivity contribution in [1.29, 1.82) is 5.26 Å². The molecular formula is C22H16F3N3O2. The van der Waals surface area contributed by atoms with E-state index in [0.29, 0.717) is 17.9 Å². The fourth-order valence-electron chi connectivity index (χ4n) is 2.79. The molecule has 2 aromatic carbocycles. The molecular weight excluding hydrogens is 395 g/mol. The van der Waals surface area contributed by atoms with Crippen LogP contribution in [0.15, 0.2) is 60.7 Å². The van der Waals surface area contributed by atoms with Gasteiger partial charge in [0.1, 0.15) is 11.5 Å². The van der Waals surface area contributed by atoms with Crippen molar-refractivity contribution in [1.82, 2.24) is 4.98 Å². The Morgan fingerprint density at radius 1 is 1.07 bits per heavy atom. The molecule has 8 heteroatoms. The summed E-state index contributed by atoms with van der Waals surface area (Å²) < 4.78 is 44.3. The van der Waals surface area contributed by atoms with E-state index in [-0.39, 0.29) is 12.2 Å². The third-order valence-electron chi connectivity index (χ3n) is 4.24. The second kappa shape index (κ2) is 8.66. The van der Waals surface area contributed by atoms with Crippen molar-refractivity contribution in [3.05, 3.63) is 77.5 Å². The highest BCUT2D eigenvalue weighted by molar-refractivity contribution is 5.74. The lowest BCUT2D eigenvalue weighted by atomic mass is 10.1. The number of nitrogens with zero attached hydrogens (tertiary/aromatic N) is 2. The molecule has 5 nitrogen and oxygen atoms in total. The van der Waals surface area contributed by atoms with Crippen LogP contribution in [0, 0.1) is 11.3 Å². The minimum Gasteiger partial charge on any atom is -0.457 e. The number of nitrogens with two attached hydrogens (primary N) is 1. The number of halogens is 3. The second-order valence-electron chi connectivity index (χ2n) is 6.42. The van der Waals surface area contributed by atoms with Crippen molar-refractivity contribution in [3.8, 4) is 28.8 Å². The molecule has 0 saturated heterocycles. The third kappa shape index (κ3) is 5.14. The summed E-state index contributed by atoms with van der Waals surface area (Å²) in [5.74, 6) is 0.123. The maximum absolute atomic E-state index is 12.9. The van der Waals surface area contributed by atoms with E-state index in [9.17, 15) is 18.0 Å². The van der Waals surface area contributed by atoms with Crippen LogP contribution in [0.1, 0.15) is 23.2 Å². The standard InChI is InChI=1S/C22H16F3N3O2/c23-22(24,25)19-10-9-18(12-15(19)13-26)30-17-7-4-14(5-8-17)20-3-1-2-16(28-20)6-11-21(27)29/h1-5,7-10,12H,6,11H2,(H2,27,29). The number of hydrogen-bond donors (Lipinski definition) is 1. The van der Waals surface area contributed by atoms with Crippen molar-refractivity contribution < 1.29 is 22.7 Å². The molecule has 0 spiro atoms. The Morgan fingerprint density at radius 3 is 2.40 bits per heavy atom. The Morgan fingerprint density at radius 2 is 1.77 bits per heavy atom. The number of nitriles is 1. The predicted molar refractivity (Wildman–Crippen MR) is 103 cm³/mol. The number of ether oxygens (including phenoxy) is 1. The highest BCUT2D eigenvalue weighted by Crippen LogP contribution is 2.34. The van der Waals surface area contributed by atoms with Gasteiger partial charge in [-0.05, 0) is 61.0 Å². The topological polar surface area (TPSA) is 89.0 Å². The fourth-order valence-corrected chi connectivity index (χ4v) is 2.79. The maximum Gasteiger partial charge on any atom is 0.417 e. The highest BCUT2D eigenvalue weighted by Gasteiger charge is 2.33. The Hall–Kier alpha value is -3.86. The normalized spacial score (nSPS) is 11.0. The predicted octanol–water partition coefficient (Wildman–Crippen LogP) is 4.85. The largest absolute Gasteiger partial charge is 0.457 e. The molecule has 0 atom stereocenters. The zero-order valence-electron chi connectivity index (χ0n) is 15.6. The zero-order chi connectivity index (χ0) is 21.7. The van der Waals surface area contributed by atoms with Gasteiger partial charge in [-0.15, -0.1) is 0 Å². The first-order chi connectivity index (χ1) is 14.3. The Kier molecular flexibility index (Phi) is 6.02. The molecule has 0 bridgehead atoms. The molecule has 0 aliphatic carbocycles. The Bertz CT molecular complexity index is 1100. The van der Waals surface area contributed by atoms with Crippen molar-refractivity contribution in [2.24, 2.45) is 5.73 Å². The first-order valence-electron chi connectivity index (χ1n) is 8.90. The van der Waals surface area contributed by atoms with Gasteiger partial charge in [0.2, 0.25) is 5.91 Å². The van der Waals surface area contributed by atoms with Crippen LogP contribution in [0.4, 0.5) is 13.2 Å². The van der Waals surface area contributed by atoms with E-state index in [0.717, 1.165) is 23.4 Å².